The van der Waals surface area contributed by atoms with Crippen molar-refractivity contribution in [1.82, 2.24) is 5.16 Å². The van der Waals surface area contributed by atoms with Crippen LogP contribution in [0.2, 0.25) is 5.02 Å². The summed E-state index contributed by atoms with van der Waals surface area (Å²) in [6, 6.07) is 6.98. The number of rotatable bonds is 2. The van der Waals surface area contributed by atoms with E-state index in [-0.39, 0.29) is 11.6 Å². The molecule has 1 aromatic carbocycles. The number of esters is 1. The molecule has 0 bridgehead atoms. The molecule has 1 aromatic heterocycles. The van der Waals surface area contributed by atoms with Crippen molar-refractivity contribution in [2.45, 2.75) is 6.92 Å². The van der Waals surface area contributed by atoms with E-state index in [1.807, 2.05) is 0 Å². The number of carbonyl (C=O) groups excluding carboxylic acids is 1. The van der Waals surface area contributed by atoms with Gasteiger partial charge in [-0.15, -0.1) is 0 Å². The van der Waals surface area contributed by atoms with Gasteiger partial charge in [-0.1, -0.05) is 35.0 Å². The second-order valence-corrected chi connectivity index (χ2v) is 3.71. The normalized spacial score (nSPS) is 10.2. The average Bonchev–Trinajstić information content (AvgIpc) is 2.61. The van der Waals surface area contributed by atoms with Gasteiger partial charge in [0.15, 0.2) is 5.69 Å². The summed E-state index contributed by atoms with van der Waals surface area (Å²) in [7, 11) is 0. The Hall–Kier alpha value is -2.01. The van der Waals surface area contributed by atoms with Crippen molar-refractivity contribution in [3.8, 4) is 17.0 Å². The summed E-state index contributed by atoms with van der Waals surface area (Å²) < 4.78 is 9.74. The number of nitrogen functional groups attached to an aromatic ring is 1. The molecule has 0 aliphatic rings. The van der Waals surface area contributed by atoms with Crippen molar-refractivity contribution in [3.63, 3.8) is 0 Å². The van der Waals surface area contributed by atoms with E-state index in [1.165, 1.54) is 6.92 Å². The smallest absolute Gasteiger partial charge is 0.308 e. The highest BCUT2D eigenvalue weighted by Crippen LogP contribution is 2.37. The fourth-order valence-electron chi connectivity index (χ4n) is 1.36. The van der Waals surface area contributed by atoms with E-state index in [9.17, 15) is 4.79 Å². The predicted molar refractivity (Wildman–Crippen MR) is 62.7 cm³/mol. The molecule has 2 aromatic rings. The van der Waals surface area contributed by atoms with E-state index in [0.29, 0.717) is 16.3 Å². The summed E-state index contributed by atoms with van der Waals surface area (Å²) in [5.74, 6) is -0.478. The summed E-state index contributed by atoms with van der Waals surface area (Å²) in [5, 5.41) is 4.21. The van der Waals surface area contributed by atoms with Gasteiger partial charge in [0.25, 0.3) is 5.88 Å². The van der Waals surface area contributed by atoms with Gasteiger partial charge in [-0.2, -0.15) is 0 Å². The molecule has 88 valence electrons. The average molecular weight is 253 g/mol. The molecule has 0 aliphatic carbocycles. The van der Waals surface area contributed by atoms with Gasteiger partial charge in [0, 0.05) is 12.5 Å². The van der Waals surface area contributed by atoms with E-state index in [4.69, 9.17) is 26.6 Å². The van der Waals surface area contributed by atoms with E-state index >= 15 is 0 Å². The van der Waals surface area contributed by atoms with Gasteiger partial charge in [0.1, 0.15) is 0 Å². The molecule has 6 heteroatoms. The van der Waals surface area contributed by atoms with Crippen molar-refractivity contribution in [2.75, 3.05) is 5.73 Å². The Bertz CT molecular complexity index is 566. The minimum absolute atomic E-state index is 0.0601. The Morgan fingerprint density at radius 1 is 1.47 bits per heavy atom. The first-order valence-corrected chi connectivity index (χ1v) is 5.16. The highest BCUT2D eigenvalue weighted by atomic mass is 35.5. The lowest BCUT2D eigenvalue weighted by Gasteiger charge is -2.03. The van der Waals surface area contributed by atoms with Crippen LogP contribution in [0.4, 0.5) is 5.88 Å². The molecule has 0 atom stereocenters. The standard InChI is InChI=1S/C11H9ClN2O3/c1-6(15)16-10-9(14-17-11(10)13)7-4-2-3-5-8(7)12/h2-5H,13H2,1H3. The molecule has 0 aliphatic heterocycles. The Morgan fingerprint density at radius 2 is 2.18 bits per heavy atom. The predicted octanol–water partition coefficient (Wildman–Crippen LogP) is 2.50. The van der Waals surface area contributed by atoms with E-state index in [0.717, 1.165) is 0 Å². The molecule has 0 saturated heterocycles. The summed E-state index contributed by atoms with van der Waals surface area (Å²) >= 11 is 6.01. The number of halogens is 1. The zero-order chi connectivity index (χ0) is 12.4. The Labute approximate surface area is 102 Å². The number of benzene rings is 1. The lowest BCUT2D eigenvalue weighted by atomic mass is 10.1. The minimum Gasteiger partial charge on any atom is -0.418 e. The molecular formula is C11H9ClN2O3. The molecule has 2 N–H and O–H groups in total. The molecular weight excluding hydrogens is 244 g/mol. The molecule has 1 heterocycles. The van der Waals surface area contributed by atoms with Crippen LogP contribution in [0.3, 0.4) is 0 Å². The molecule has 0 unspecified atom stereocenters. The first-order chi connectivity index (χ1) is 8.09. The zero-order valence-corrected chi connectivity index (χ0v) is 9.69. The third-order valence-corrected chi connectivity index (χ3v) is 2.38. The summed E-state index contributed by atoms with van der Waals surface area (Å²) in [6.45, 7) is 1.27. The number of ether oxygens (including phenoxy) is 1. The second kappa shape index (κ2) is 4.47. The second-order valence-electron chi connectivity index (χ2n) is 3.30. The van der Waals surface area contributed by atoms with E-state index in [2.05, 4.69) is 5.16 Å². The first kappa shape index (κ1) is 11.5. The quantitative estimate of drug-likeness (QED) is 0.831. The first-order valence-electron chi connectivity index (χ1n) is 4.78. The third-order valence-electron chi connectivity index (χ3n) is 2.05. The number of nitrogens with two attached hydrogens (primary N) is 1. The van der Waals surface area contributed by atoms with Gasteiger partial charge in [-0.25, -0.2) is 0 Å². The van der Waals surface area contributed by atoms with Gasteiger partial charge >= 0.3 is 5.97 Å². The number of aromatic nitrogens is 1. The van der Waals surface area contributed by atoms with Crippen LogP contribution in [0.25, 0.3) is 11.3 Å². The van der Waals surface area contributed by atoms with Crippen molar-refractivity contribution in [1.29, 1.82) is 0 Å². The molecule has 0 radical (unpaired) electrons. The van der Waals surface area contributed by atoms with Crippen LogP contribution < -0.4 is 10.5 Å². The topological polar surface area (TPSA) is 78.3 Å². The monoisotopic (exact) mass is 252 g/mol. The van der Waals surface area contributed by atoms with Gasteiger partial charge in [0.2, 0.25) is 5.75 Å². The zero-order valence-electron chi connectivity index (χ0n) is 8.94. The Kier molecular flexibility index (Phi) is 3.01. The lowest BCUT2D eigenvalue weighted by Crippen LogP contribution is -2.03. The van der Waals surface area contributed by atoms with Crippen molar-refractivity contribution in [2.24, 2.45) is 0 Å². The van der Waals surface area contributed by atoms with Crippen LogP contribution in [0.1, 0.15) is 6.92 Å². The molecule has 0 fully saturated rings. The number of anilines is 1. The summed E-state index contributed by atoms with van der Waals surface area (Å²) in [5.41, 5.74) is 6.42. The maximum atomic E-state index is 11.0. The number of carbonyl (C=O) groups is 1. The van der Waals surface area contributed by atoms with Gasteiger partial charge < -0.3 is 15.0 Å². The highest BCUT2D eigenvalue weighted by molar-refractivity contribution is 6.33. The van der Waals surface area contributed by atoms with Crippen LogP contribution in [0.15, 0.2) is 28.8 Å². The maximum absolute atomic E-state index is 11.0. The number of hydrogen-bond acceptors (Lipinski definition) is 5. The summed E-state index contributed by atoms with van der Waals surface area (Å²) in [6.07, 6.45) is 0. The maximum Gasteiger partial charge on any atom is 0.308 e. The Morgan fingerprint density at radius 3 is 2.82 bits per heavy atom. The van der Waals surface area contributed by atoms with Crippen LogP contribution in [-0.2, 0) is 4.79 Å². The largest absolute Gasteiger partial charge is 0.418 e. The fourth-order valence-corrected chi connectivity index (χ4v) is 1.59. The fraction of sp³-hybridized carbons (Fsp3) is 0.0909. The van der Waals surface area contributed by atoms with Crippen LogP contribution >= 0.6 is 11.6 Å². The van der Waals surface area contributed by atoms with Gasteiger partial charge in [0.05, 0.1) is 5.02 Å². The lowest BCUT2D eigenvalue weighted by molar-refractivity contribution is -0.131. The SMILES string of the molecule is CC(=O)Oc1c(-c2ccccc2Cl)noc1N. The highest BCUT2D eigenvalue weighted by Gasteiger charge is 2.20. The van der Waals surface area contributed by atoms with Crippen molar-refractivity contribution < 1.29 is 14.1 Å². The van der Waals surface area contributed by atoms with Crippen LogP contribution in [0, 0.1) is 0 Å². The van der Waals surface area contributed by atoms with Crippen molar-refractivity contribution in [3.05, 3.63) is 29.3 Å². The minimum atomic E-state index is -0.506. The summed E-state index contributed by atoms with van der Waals surface area (Å²) in [4.78, 5) is 11.0. The number of nitrogens with zero attached hydrogens (tertiary/aromatic N) is 1. The van der Waals surface area contributed by atoms with Gasteiger partial charge in [-0.3, -0.25) is 4.79 Å². The molecule has 0 saturated carbocycles. The Balaban J connectivity index is 2.53. The molecule has 5 nitrogen and oxygen atoms in total. The van der Waals surface area contributed by atoms with Gasteiger partial charge in [-0.05, 0) is 6.07 Å². The number of hydrogen-bond donors (Lipinski definition) is 1. The molecule has 2 rings (SSSR count). The van der Waals surface area contributed by atoms with E-state index < -0.39 is 5.97 Å². The molecule has 0 amide bonds. The molecule has 17 heavy (non-hydrogen) atoms. The third kappa shape index (κ3) is 2.24. The van der Waals surface area contributed by atoms with Crippen LogP contribution in [0.5, 0.6) is 5.75 Å². The van der Waals surface area contributed by atoms with E-state index in [1.54, 1.807) is 24.3 Å². The molecule has 0 spiro atoms. The van der Waals surface area contributed by atoms with Crippen LogP contribution in [-0.4, -0.2) is 11.1 Å². The van der Waals surface area contributed by atoms with Crippen molar-refractivity contribution >= 4 is 23.5 Å².